The van der Waals surface area contributed by atoms with Crippen LogP contribution < -0.4 is 16.0 Å². The van der Waals surface area contributed by atoms with E-state index in [1.807, 2.05) is 25.1 Å². The van der Waals surface area contributed by atoms with Crippen LogP contribution >= 0.6 is 0 Å². The van der Waals surface area contributed by atoms with Crippen LogP contribution in [0.1, 0.15) is 16.8 Å². The average Bonchev–Trinajstić information content (AvgIpc) is 2.45. The summed E-state index contributed by atoms with van der Waals surface area (Å²) >= 11 is 0. The zero-order chi connectivity index (χ0) is 15.7. The van der Waals surface area contributed by atoms with Crippen molar-refractivity contribution in [2.24, 2.45) is 0 Å². The third kappa shape index (κ3) is 6.01. The van der Waals surface area contributed by atoms with E-state index in [9.17, 15) is 4.79 Å². The number of rotatable bonds is 9. The van der Waals surface area contributed by atoms with Crippen molar-refractivity contribution < 1.29 is 14.3 Å². The highest BCUT2D eigenvalue weighted by Gasteiger charge is 2.12. The molecule has 3 N–H and O–H groups in total. The van der Waals surface area contributed by atoms with Gasteiger partial charge in [0.1, 0.15) is 0 Å². The Morgan fingerprint density at radius 3 is 2.71 bits per heavy atom. The molecule has 0 aliphatic rings. The molecule has 0 heterocycles. The van der Waals surface area contributed by atoms with Crippen LogP contribution in [0.15, 0.2) is 18.2 Å². The number of hydrogen-bond donors (Lipinski definition) is 2. The molecule has 0 radical (unpaired) electrons. The zero-order valence-corrected chi connectivity index (χ0v) is 13.0. The molecule has 0 aliphatic heterocycles. The van der Waals surface area contributed by atoms with Gasteiger partial charge in [0, 0.05) is 45.7 Å². The molecule has 1 aromatic rings. The van der Waals surface area contributed by atoms with E-state index >= 15 is 0 Å². The maximum atomic E-state index is 12.2. The van der Waals surface area contributed by atoms with Crippen molar-refractivity contribution in [3.05, 3.63) is 23.8 Å². The zero-order valence-electron chi connectivity index (χ0n) is 13.0. The highest BCUT2D eigenvalue weighted by Crippen LogP contribution is 2.21. The van der Waals surface area contributed by atoms with E-state index in [0.717, 1.165) is 12.1 Å². The van der Waals surface area contributed by atoms with Gasteiger partial charge in [-0.1, -0.05) is 0 Å². The number of hydrogen-bond acceptors (Lipinski definition) is 5. The van der Waals surface area contributed by atoms with Gasteiger partial charge in [-0.15, -0.1) is 0 Å². The minimum absolute atomic E-state index is 0.122. The summed E-state index contributed by atoms with van der Waals surface area (Å²) in [5, 5.41) is 2.88. The standard InChI is InChI=1S/C15H25N3O3/c1-18(2)14-6-5-12(16)11-13(14)15(19)17-7-4-8-21-10-9-20-3/h5-6,11H,4,7-10,16H2,1-3H3,(H,17,19). The fraction of sp³-hybridized carbons (Fsp3) is 0.533. The predicted molar refractivity (Wildman–Crippen MR) is 84.8 cm³/mol. The molecule has 1 rings (SSSR count). The molecule has 0 fully saturated rings. The van der Waals surface area contributed by atoms with Crippen LogP contribution in [0.5, 0.6) is 0 Å². The number of methoxy groups -OCH3 is 1. The smallest absolute Gasteiger partial charge is 0.253 e. The Morgan fingerprint density at radius 1 is 1.29 bits per heavy atom. The van der Waals surface area contributed by atoms with Gasteiger partial charge < -0.3 is 25.4 Å². The summed E-state index contributed by atoms with van der Waals surface area (Å²) in [7, 11) is 5.43. The van der Waals surface area contributed by atoms with Gasteiger partial charge >= 0.3 is 0 Å². The topological polar surface area (TPSA) is 76.8 Å². The van der Waals surface area contributed by atoms with Crippen molar-refractivity contribution in [1.82, 2.24) is 5.32 Å². The van der Waals surface area contributed by atoms with Crippen molar-refractivity contribution in [3.63, 3.8) is 0 Å². The summed E-state index contributed by atoms with van der Waals surface area (Å²) in [5.74, 6) is -0.122. The van der Waals surface area contributed by atoms with Crippen molar-refractivity contribution >= 4 is 17.3 Å². The molecular weight excluding hydrogens is 270 g/mol. The van der Waals surface area contributed by atoms with Crippen LogP contribution in [0.25, 0.3) is 0 Å². The molecule has 0 saturated carbocycles. The van der Waals surface area contributed by atoms with Gasteiger partial charge in [-0.05, 0) is 24.6 Å². The maximum absolute atomic E-state index is 12.2. The lowest BCUT2D eigenvalue weighted by Crippen LogP contribution is -2.27. The largest absolute Gasteiger partial charge is 0.399 e. The fourth-order valence-electron chi connectivity index (χ4n) is 1.84. The van der Waals surface area contributed by atoms with Crippen LogP contribution in [0.3, 0.4) is 0 Å². The SMILES string of the molecule is COCCOCCCNC(=O)c1cc(N)ccc1N(C)C. The second kappa shape index (κ2) is 9.20. The number of benzene rings is 1. The molecule has 0 saturated heterocycles. The third-order valence-electron chi connectivity index (χ3n) is 2.93. The number of nitrogens with one attached hydrogen (secondary N) is 1. The molecule has 6 heteroatoms. The maximum Gasteiger partial charge on any atom is 0.253 e. The Balaban J connectivity index is 2.43. The minimum Gasteiger partial charge on any atom is -0.399 e. The second-order valence-corrected chi connectivity index (χ2v) is 4.89. The van der Waals surface area contributed by atoms with Crippen molar-refractivity contribution in [2.45, 2.75) is 6.42 Å². The van der Waals surface area contributed by atoms with Crippen LogP contribution in [0.4, 0.5) is 11.4 Å². The quantitative estimate of drug-likeness (QED) is 0.527. The monoisotopic (exact) mass is 295 g/mol. The Morgan fingerprint density at radius 2 is 2.05 bits per heavy atom. The molecule has 0 unspecified atom stereocenters. The second-order valence-electron chi connectivity index (χ2n) is 4.89. The van der Waals surface area contributed by atoms with Gasteiger partial charge in [0.25, 0.3) is 5.91 Å². The van der Waals surface area contributed by atoms with Gasteiger partial charge in [0.05, 0.1) is 18.8 Å². The molecule has 118 valence electrons. The number of ether oxygens (including phenoxy) is 2. The minimum atomic E-state index is -0.122. The number of anilines is 2. The number of carbonyl (C=O) groups is 1. The molecule has 1 amide bonds. The predicted octanol–water partition coefficient (Wildman–Crippen LogP) is 1.12. The summed E-state index contributed by atoms with van der Waals surface area (Å²) in [6.07, 6.45) is 0.759. The molecule has 0 aliphatic carbocycles. The third-order valence-corrected chi connectivity index (χ3v) is 2.93. The molecule has 0 atom stereocenters. The Hall–Kier alpha value is -1.79. The molecule has 1 aromatic carbocycles. The lowest BCUT2D eigenvalue weighted by atomic mass is 10.1. The molecule has 6 nitrogen and oxygen atoms in total. The van der Waals surface area contributed by atoms with Crippen molar-refractivity contribution in [2.75, 3.05) is 58.2 Å². The van der Waals surface area contributed by atoms with Gasteiger partial charge in [0.15, 0.2) is 0 Å². The normalized spacial score (nSPS) is 10.4. The number of carbonyl (C=O) groups excluding carboxylic acids is 1. The van der Waals surface area contributed by atoms with E-state index in [0.29, 0.717) is 37.6 Å². The number of nitrogens with two attached hydrogens (primary N) is 1. The van der Waals surface area contributed by atoms with Crippen LogP contribution in [-0.4, -0.2) is 53.5 Å². The Bertz CT molecular complexity index is 450. The molecular formula is C15H25N3O3. The first kappa shape index (κ1) is 17.3. The number of nitrogens with zero attached hydrogens (tertiary/aromatic N) is 1. The molecule has 21 heavy (non-hydrogen) atoms. The van der Waals surface area contributed by atoms with Crippen molar-refractivity contribution in [3.8, 4) is 0 Å². The van der Waals surface area contributed by atoms with Gasteiger partial charge in [-0.25, -0.2) is 0 Å². The fourth-order valence-corrected chi connectivity index (χ4v) is 1.84. The van der Waals surface area contributed by atoms with Gasteiger partial charge in [-0.3, -0.25) is 4.79 Å². The first-order valence-corrected chi connectivity index (χ1v) is 6.98. The molecule has 0 aromatic heterocycles. The molecule has 0 bridgehead atoms. The average molecular weight is 295 g/mol. The number of amides is 1. The summed E-state index contributed by atoms with van der Waals surface area (Å²) in [6.45, 7) is 2.32. The summed E-state index contributed by atoms with van der Waals surface area (Å²) in [6, 6.07) is 5.33. The lowest BCUT2D eigenvalue weighted by molar-refractivity contribution is 0.0688. The highest BCUT2D eigenvalue weighted by atomic mass is 16.5. The van der Waals surface area contributed by atoms with Gasteiger partial charge in [-0.2, -0.15) is 0 Å². The van der Waals surface area contributed by atoms with Crippen LogP contribution in [-0.2, 0) is 9.47 Å². The van der Waals surface area contributed by atoms with E-state index in [1.54, 1.807) is 19.2 Å². The van der Waals surface area contributed by atoms with E-state index < -0.39 is 0 Å². The van der Waals surface area contributed by atoms with Crippen LogP contribution in [0.2, 0.25) is 0 Å². The first-order chi connectivity index (χ1) is 10.1. The van der Waals surface area contributed by atoms with Crippen molar-refractivity contribution in [1.29, 1.82) is 0 Å². The summed E-state index contributed by atoms with van der Waals surface area (Å²) in [5.41, 5.74) is 7.76. The first-order valence-electron chi connectivity index (χ1n) is 6.98. The van der Waals surface area contributed by atoms with Crippen LogP contribution in [0, 0.1) is 0 Å². The van der Waals surface area contributed by atoms with E-state index in [-0.39, 0.29) is 5.91 Å². The summed E-state index contributed by atoms with van der Waals surface area (Å²) in [4.78, 5) is 14.1. The lowest BCUT2D eigenvalue weighted by Gasteiger charge is -2.17. The number of nitrogen functional groups attached to an aromatic ring is 1. The van der Waals surface area contributed by atoms with E-state index in [2.05, 4.69) is 5.32 Å². The molecule has 0 spiro atoms. The van der Waals surface area contributed by atoms with E-state index in [4.69, 9.17) is 15.2 Å². The highest BCUT2D eigenvalue weighted by molar-refractivity contribution is 6.00. The Labute approximate surface area is 126 Å². The van der Waals surface area contributed by atoms with Gasteiger partial charge in [0.2, 0.25) is 0 Å². The van der Waals surface area contributed by atoms with E-state index in [1.165, 1.54) is 0 Å². The Kier molecular flexibility index (Phi) is 7.56. The summed E-state index contributed by atoms with van der Waals surface area (Å²) < 4.78 is 10.2.